The quantitative estimate of drug-likeness (QED) is 0.610. The van der Waals surface area contributed by atoms with Gasteiger partial charge in [0, 0.05) is 24.5 Å². The lowest BCUT2D eigenvalue weighted by atomic mass is 10.3. The zero-order valence-corrected chi connectivity index (χ0v) is 12.1. The molecule has 0 radical (unpaired) electrons. The van der Waals surface area contributed by atoms with Crippen LogP contribution in [0.2, 0.25) is 0 Å². The van der Waals surface area contributed by atoms with Crippen molar-refractivity contribution < 1.29 is 0 Å². The average molecular weight is 266 g/mol. The molecule has 1 atom stereocenters. The number of rotatable bonds is 6. The summed E-state index contributed by atoms with van der Waals surface area (Å²) in [5, 5.41) is 7.14. The second-order valence-electron chi connectivity index (χ2n) is 3.94. The van der Waals surface area contributed by atoms with Crippen molar-refractivity contribution in [2.75, 3.05) is 19.3 Å². The number of aromatic nitrogens is 1. The SMILES string of the molecule is CCNC(=NCc1ccccn1)NCC(C)SC. The highest BCUT2D eigenvalue weighted by Crippen LogP contribution is 2.02. The van der Waals surface area contributed by atoms with E-state index >= 15 is 0 Å². The van der Waals surface area contributed by atoms with Gasteiger partial charge in [0.25, 0.3) is 0 Å². The van der Waals surface area contributed by atoms with E-state index in [0.717, 1.165) is 24.7 Å². The van der Waals surface area contributed by atoms with E-state index in [1.54, 1.807) is 6.20 Å². The Balaban J connectivity index is 2.50. The largest absolute Gasteiger partial charge is 0.357 e. The Labute approximate surface area is 114 Å². The Kier molecular flexibility index (Phi) is 7.25. The highest BCUT2D eigenvalue weighted by molar-refractivity contribution is 7.99. The molecular formula is C13H22N4S. The van der Waals surface area contributed by atoms with Gasteiger partial charge in [-0.3, -0.25) is 4.98 Å². The van der Waals surface area contributed by atoms with Crippen LogP contribution in [0.25, 0.3) is 0 Å². The standard InChI is InChI=1S/C13H22N4S/c1-4-14-13(16-9-11(2)18-3)17-10-12-7-5-6-8-15-12/h5-8,11H,4,9-10H2,1-3H3,(H2,14,16,17). The van der Waals surface area contributed by atoms with Crippen LogP contribution in [-0.4, -0.2) is 35.5 Å². The maximum absolute atomic E-state index is 4.51. The van der Waals surface area contributed by atoms with Crippen LogP contribution in [0.15, 0.2) is 29.4 Å². The van der Waals surface area contributed by atoms with Gasteiger partial charge >= 0.3 is 0 Å². The third-order valence-corrected chi connectivity index (χ3v) is 3.40. The monoisotopic (exact) mass is 266 g/mol. The molecule has 1 aromatic rings. The number of hydrogen-bond acceptors (Lipinski definition) is 3. The molecule has 1 aromatic heterocycles. The minimum Gasteiger partial charge on any atom is -0.357 e. The molecule has 1 rings (SSSR count). The first-order valence-corrected chi connectivity index (χ1v) is 7.50. The molecule has 0 aliphatic rings. The lowest BCUT2D eigenvalue weighted by Crippen LogP contribution is -2.40. The van der Waals surface area contributed by atoms with Gasteiger partial charge in [0.2, 0.25) is 0 Å². The molecule has 0 fully saturated rings. The van der Waals surface area contributed by atoms with Gasteiger partial charge in [0.15, 0.2) is 5.96 Å². The summed E-state index contributed by atoms with van der Waals surface area (Å²) in [5.41, 5.74) is 0.979. The van der Waals surface area contributed by atoms with Gasteiger partial charge in [-0.15, -0.1) is 0 Å². The predicted octanol–water partition coefficient (Wildman–Crippen LogP) is 1.89. The molecular weight excluding hydrogens is 244 g/mol. The van der Waals surface area contributed by atoms with Crippen molar-refractivity contribution >= 4 is 17.7 Å². The van der Waals surface area contributed by atoms with Crippen LogP contribution < -0.4 is 10.6 Å². The Morgan fingerprint density at radius 2 is 2.28 bits per heavy atom. The van der Waals surface area contributed by atoms with Gasteiger partial charge in [-0.1, -0.05) is 13.0 Å². The van der Waals surface area contributed by atoms with Gasteiger partial charge in [0.1, 0.15) is 0 Å². The second-order valence-corrected chi connectivity index (χ2v) is 5.22. The molecule has 0 bridgehead atoms. The summed E-state index contributed by atoms with van der Waals surface area (Å²) >= 11 is 1.84. The molecule has 0 spiro atoms. The summed E-state index contributed by atoms with van der Waals surface area (Å²) in [6.07, 6.45) is 3.91. The number of aliphatic imine (C=N–C) groups is 1. The molecule has 0 aliphatic heterocycles. The molecule has 0 saturated carbocycles. The zero-order valence-electron chi connectivity index (χ0n) is 11.3. The Morgan fingerprint density at radius 1 is 1.44 bits per heavy atom. The molecule has 18 heavy (non-hydrogen) atoms. The van der Waals surface area contributed by atoms with Gasteiger partial charge in [-0.2, -0.15) is 11.8 Å². The fourth-order valence-electron chi connectivity index (χ4n) is 1.32. The van der Waals surface area contributed by atoms with Crippen LogP contribution in [0.4, 0.5) is 0 Å². The van der Waals surface area contributed by atoms with E-state index < -0.39 is 0 Å². The molecule has 0 aliphatic carbocycles. The van der Waals surface area contributed by atoms with Gasteiger partial charge in [-0.05, 0) is 25.3 Å². The highest BCUT2D eigenvalue weighted by atomic mass is 32.2. The van der Waals surface area contributed by atoms with E-state index in [1.807, 2.05) is 30.0 Å². The zero-order chi connectivity index (χ0) is 13.2. The number of thioether (sulfide) groups is 1. The number of nitrogens with one attached hydrogen (secondary N) is 2. The van der Waals surface area contributed by atoms with Crippen molar-refractivity contribution in [2.45, 2.75) is 25.6 Å². The lowest BCUT2D eigenvalue weighted by molar-refractivity contribution is 0.793. The first kappa shape index (κ1) is 14.8. The molecule has 5 heteroatoms. The predicted molar refractivity (Wildman–Crippen MR) is 80.0 cm³/mol. The van der Waals surface area contributed by atoms with Crippen LogP contribution in [0, 0.1) is 0 Å². The lowest BCUT2D eigenvalue weighted by Gasteiger charge is -2.14. The van der Waals surface area contributed by atoms with Gasteiger partial charge in [0.05, 0.1) is 12.2 Å². The van der Waals surface area contributed by atoms with Crippen molar-refractivity contribution in [1.82, 2.24) is 15.6 Å². The maximum atomic E-state index is 4.51. The molecule has 100 valence electrons. The van der Waals surface area contributed by atoms with Crippen LogP contribution in [0.1, 0.15) is 19.5 Å². The Hall–Kier alpha value is -1.23. The number of pyridine rings is 1. The van der Waals surface area contributed by atoms with Crippen LogP contribution in [-0.2, 0) is 6.54 Å². The Morgan fingerprint density at radius 3 is 2.89 bits per heavy atom. The summed E-state index contributed by atoms with van der Waals surface area (Å²) in [6, 6.07) is 5.88. The van der Waals surface area contributed by atoms with Gasteiger partial charge < -0.3 is 10.6 Å². The fraction of sp³-hybridized carbons (Fsp3) is 0.538. The summed E-state index contributed by atoms with van der Waals surface area (Å²) in [5.74, 6) is 0.851. The summed E-state index contributed by atoms with van der Waals surface area (Å²) in [6.45, 7) is 6.64. The van der Waals surface area contributed by atoms with E-state index in [9.17, 15) is 0 Å². The van der Waals surface area contributed by atoms with Crippen molar-refractivity contribution in [3.8, 4) is 0 Å². The van der Waals surface area contributed by atoms with Crippen molar-refractivity contribution in [1.29, 1.82) is 0 Å². The molecule has 1 unspecified atom stereocenters. The van der Waals surface area contributed by atoms with E-state index in [-0.39, 0.29) is 0 Å². The van der Waals surface area contributed by atoms with Crippen LogP contribution in [0.5, 0.6) is 0 Å². The average Bonchev–Trinajstić information content (AvgIpc) is 2.42. The summed E-state index contributed by atoms with van der Waals surface area (Å²) < 4.78 is 0. The molecule has 1 heterocycles. The van der Waals surface area contributed by atoms with E-state index in [4.69, 9.17) is 0 Å². The van der Waals surface area contributed by atoms with Crippen LogP contribution in [0.3, 0.4) is 0 Å². The topological polar surface area (TPSA) is 49.3 Å². The number of hydrogen-bond donors (Lipinski definition) is 2. The number of guanidine groups is 1. The molecule has 0 amide bonds. The van der Waals surface area contributed by atoms with E-state index in [2.05, 4.69) is 40.7 Å². The highest BCUT2D eigenvalue weighted by Gasteiger charge is 2.01. The fourth-order valence-corrected chi connectivity index (χ4v) is 1.57. The first-order valence-electron chi connectivity index (χ1n) is 6.21. The third-order valence-electron chi connectivity index (χ3n) is 2.43. The van der Waals surface area contributed by atoms with Crippen molar-refractivity contribution in [2.24, 2.45) is 4.99 Å². The van der Waals surface area contributed by atoms with Crippen LogP contribution >= 0.6 is 11.8 Å². The summed E-state index contributed by atoms with van der Waals surface area (Å²) in [7, 11) is 0. The minimum atomic E-state index is 0.573. The van der Waals surface area contributed by atoms with Crippen molar-refractivity contribution in [3.63, 3.8) is 0 Å². The molecule has 2 N–H and O–H groups in total. The number of nitrogens with zero attached hydrogens (tertiary/aromatic N) is 2. The maximum Gasteiger partial charge on any atom is 0.191 e. The molecule has 4 nitrogen and oxygen atoms in total. The Bertz CT molecular complexity index is 353. The molecule has 0 saturated heterocycles. The van der Waals surface area contributed by atoms with E-state index in [0.29, 0.717) is 11.8 Å². The normalized spacial score (nSPS) is 13.2. The van der Waals surface area contributed by atoms with Crippen molar-refractivity contribution in [3.05, 3.63) is 30.1 Å². The first-order chi connectivity index (χ1) is 8.76. The molecule has 0 aromatic carbocycles. The van der Waals surface area contributed by atoms with E-state index in [1.165, 1.54) is 0 Å². The van der Waals surface area contributed by atoms with Gasteiger partial charge in [-0.25, -0.2) is 4.99 Å². The smallest absolute Gasteiger partial charge is 0.191 e. The third kappa shape index (κ3) is 5.91. The second kappa shape index (κ2) is 8.80. The summed E-state index contributed by atoms with van der Waals surface area (Å²) in [4.78, 5) is 8.77. The minimum absolute atomic E-state index is 0.573.